The zero-order chi connectivity index (χ0) is 18.7. The van der Waals surface area contributed by atoms with Gasteiger partial charge in [0.1, 0.15) is 12.9 Å². The molecule has 136 valence electrons. The van der Waals surface area contributed by atoms with Crippen LogP contribution in [0, 0.1) is 0 Å². The lowest BCUT2D eigenvalue weighted by molar-refractivity contribution is -0.104. The number of methoxy groups -OCH3 is 2. The molecule has 1 rings (SSSR count). The number of hydrogen-bond donors (Lipinski definition) is 0. The van der Waals surface area contributed by atoms with E-state index in [-0.39, 0.29) is 0 Å². The van der Waals surface area contributed by atoms with Crippen LogP contribution in [0.3, 0.4) is 0 Å². The summed E-state index contributed by atoms with van der Waals surface area (Å²) in [4.78, 5) is 10.5. The molecule has 0 bridgehead atoms. The highest BCUT2D eigenvalue weighted by Crippen LogP contribution is 2.39. The zero-order valence-corrected chi connectivity index (χ0v) is 15.8. The van der Waals surface area contributed by atoms with Crippen molar-refractivity contribution in [3.05, 3.63) is 47.1 Å². The number of allylic oxidation sites excluding steroid dienone is 4. The van der Waals surface area contributed by atoms with Crippen molar-refractivity contribution in [3.63, 3.8) is 0 Å². The Morgan fingerprint density at radius 1 is 1.04 bits per heavy atom. The van der Waals surface area contributed by atoms with Crippen LogP contribution < -0.4 is 14.2 Å². The minimum atomic E-state index is 0.441. The summed E-state index contributed by atoms with van der Waals surface area (Å²) in [6.07, 6.45) is 10.2. The summed E-state index contributed by atoms with van der Waals surface area (Å²) in [6.45, 7) is 6.75. The van der Waals surface area contributed by atoms with Crippen molar-refractivity contribution in [1.29, 1.82) is 0 Å². The second kappa shape index (κ2) is 11.1. The van der Waals surface area contributed by atoms with Crippen LogP contribution in [0.4, 0.5) is 0 Å². The van der Waals surface area contributed by atoms with Crippen molar-refractivity contribution in [2.24, 2.45) is 0 Å². The maximum atomic E-state index is 10.5. The van der Waals surface area contributed by atoms with Crippen LogP contribution in [0.2, 0.25) is 0 Å². The third kappa shape index (κ3) is 7.29. The van der Waals surface area contributed by atoms with Crippen LogP contribution in [0.1, 0.15) is 39.2 Å². The number of rotatable bonds is 10. The Labute approximate surface area is 150 Å². The van der Waals surface area contributed by atoms with E-state index in [4.69, 9.17) is 14.2 Å². The van der Waals surface area contributed by atoms with E-state index in [9.17, 15) is 4.79 Å². The number of carbonyl (C=O) groups excluding carboxylic acids is 1. The van der Waals surface area contributed by atoms with Crippen molar-refractivity contribution < 1.29 is 19.0 Å². The van der Waals surface area contributed by atoms with E-state index in [0.29, 0.717) is 23.9 Å². The Bertz CT molecular complexity index is 625. The summed E-state index contributed by atoms with van der Waals surface area (Å²) < 4.78 is 16.7. The minimum Gasteiger partial charge on any atom is -0.493 e. The fourth-order valence-corrected chi connectivity index (χ4v) is 2.25. The van der Waals surface area contributed by atoms with Crippen LogP contribution in [-0.2, 0) is 4.79 Å². The van der Waals surface area contributed by atoms with Crippen LogP contribution in [-0.4, -0.2) is 27.1 Å². The van der Waals surface area contributed by atoms with E-state index in [1.54, 1.807) is 20.3 Å². The van der Waals surface area contributed by atoms with Crippen LogP contribution in [0.25, 0.3) is 6.08 Å². The van der Waals surface area contributed by atoms with Crippen LogP contribution in [0.5, 0.6) is 17.2 Å². The lowest BCUT2D eigenvalue weighted by Crippen LogP contribution is -2.00. The molecular weight excluding hydrogens is 316 g/mol. The highest BCUT2D eigenvalue weighted by atomic mass is 16.5. The molecule has 4 nitrogen and oxygen atoms in total. The fraction of sp³-hybridized carbons (Fsp3) is 0.381. The smallest absolute Gasteiger partial charge is 0.203 e. The van der Waals surface area contributed by atoms with Gasteiger partial charge >= 0.3 is 0 Å². The first kappa shape index (κ1) is 20.6. The van der Waals surface area contributed by atoms with Gasteiger partial charge in [-0.25, -0.2) is 0 Å². The third-order valence-electron chi connectivity index (χ3n) is 3.60. The Kier molecular flexibility index (Phi) is 9.15. The van der Waals surface area contributed by atoms with Gasteiger partial charge in [0.2, 0.25) is 5.75 Å². The van der Waals surface area contributed by atoms with Gasteiger partial charge in [-0.05, 0) is 63.5 Å². The maximum absolute atomic E-state index is 10.5. The summed E-state index contributed by atoms with van der Waals surface area (Å²) >= 11 is 0. The summed E-state index contributed by atoms with van der Waals surface area (Å²) in [5.74, 6) is 1.70. The molecule has 0 spiro atoms. The molecule has 0 aliphatic rings. The van der Waals surface area contributed by atoms with Gasteiger partial charge in [0, 0.05) is 0 Å². The normalized spacial score (nSPS) is 11.3. The van der Waals surface area contributed by atoms with Crippen molar-refractivity contribution in [2.75, 3.05) is 20.8 Å². The van der Waals surface area contributed by atoms with Gasteiger partial charge in [0.05, 0.1) is 14.2 Å². The molecule has 0 heterocycles. The molecule has 0 aromatic heterocycles. The highest BCUT2D eigenvalue weighted by Gasteiger charge is 2.13. The van der Waals surface area contributed by atoms with Crippen molar-refractivity contribution >= 4 is 12.4 Å². The molecule has 4 heteroatoms. The molecule has 0 aliphatic carbocycles. The van der Waals surface area contributed by atoms with Gasteiger partial charge in [-0.1, -0.05) is 23.3 Å². The first-order valence-corrected chi connectivity index (χ1v) is 8.31. The summed E-state index contributed by atoms with van der Waals surface area (Å²) in [5, 5.41) is 0. The van der Waals surface area contributed by atoms with Gasteiger partial charge in [-0.15, -0.1) is 0 Å². The van der Waals surface area contributed by atoms with Crippen molar-refractivity contribution in [2.45, 2.75) is 33.6 Å². The fourth-order valence-electron chi connectivity index (χ4n) is 2.25. The largest absolute Gasteiger partial charge is 0.493 e. The van der Waals surface area contributed by atoms with E-state index < -0.39 is 0 Å². The lowest BCUT2D eigenvalue weighted by atomic mass is 10.1. The molecule has 0 N–H and O–H groups in total. The van der Waals surface area contributed by atoms with Gasteiger partial charge in [-0.2, -0.15) is 0 Å². The van der Waals surface area contributed by atoms with Gasteiger partial charge in [0.25, 0.3) is 0 Å². The van der Waals surface area contributed by atoms with E-state index in [2.05, 4.69) is 32.9 Å². The van der Waals surface area contributed by atoms with Crippen molar-refractivity contribution in [3.8, 4) is 17.2 Å². The first-order valence-electron chi connectivity index (χ1n) is 8.31. The Morgan fingerprint density at radius 2 is 1.68 bits per heavy atom. The van der Waals surface area contributed by atoms with E-state index >= 15 is 0 Å². The minimum absolute atomic E-state index is 0.441. The molecule has 0 fully saturated rings. The standard InChI is InChI=1S/C21H28O4/c1-16(2)8-6-9-17(3)11-13-25-21-19(23-4)14-18(10-7-12-22)15-20(21)24-5/h7-8,10-12,14-15H,6,9,13H2,1-5H3. The van der Waals surface area contributed by atoms with Gasteiger partial charge in [0.15, 0.2) is 11.5 Å². The predicted octanol–water partition coefficient (Wildman–Crippen LogP) is 4.99. The topological polar surface area (TPSA) is 44.8 Å². The molecule has 1 aromatic carbocycles. The second-order valence-corrected chi connectivity index (χ2v) is 5.93. The van der Waals surface area contributed by atoms with Crippen molar-refractivity contribution in [1.82, 2.24) is 0 Å². The highest BCUT2D eigenvalue weighted by molar-refractivity contribution is 5.75. The average molecular weight is 344 g/mol. The third-order valence-corrected chi connectivity index (χ3v) is 3.60. The molecule has 0 saturated carbocycles. The quantitative estimate of drug-likeness (QED) is 0.341. The van der Waals surface area contributed by atoms with Crippen LogP contribution >= 0.6 is 0 Å². The lowest BCUT2D eigenvalue weighted by Gasteiger charge is -2.14. The molecule has 0 unspecified atom stereocenters. The molecule has 1 aromatic rings. The Hall–Kier alpha value is -2.49. The summed E-state index contributed by atoms with van der Waals surface area (Å²) in [7, 11) is 3.16. The van der Waals surface area contributed by atoms with Gasteiger partial charge < -0.3 is 14.2 Å². The SMILES string of the molecule is COc1cc(C=CC=O)cc(OC)c1OCC=C(C)CCC=C(C)C. The number of ether oxygens (including phenoxy) is 3. The monoisotopic (exact) mass is 344 g/mol. The average Bonchev–Trinajstić information content (AvgIpc) is 2.59. The second-order valence-electron chi connectivity index (χ2n) is 5.93. The molecule has 0 atom stereocenters. The first-order chi connectivity index (χ1) is 12.0. The maximum Gasteiger partial charge on any atom is 0.203 e. The van der Waals surface area contributed by atoms with E-state index in [1.165, 1.54) is 17.2 Å². The number of carbonyl (C=O) groups is 1. The molecular formula is C21H28O4. The molecule has 0 aliphatic heterocycles. The zero-order valence-electron chi connectivity index (χ0n) is 15.8. The number of benzene rings is 1. The molecule has 0 amide bonds. The Morgan fingerprint density at radius 3 is 2.20 bits per heavy atom. The summed E-state index contributed by atoms with van der Waals surface area (Å²) in [5.41, 5.74) is 3.42. The summed E-state index contributed by atoms with van der Waals surface area (Å²) in [6, 6.07) is 3.62. The number of hydrogen-bond acceptors (Lipinski definition) is 4. The molecule has 0 radical (unpaired) electrons. The molecule has 0 saturated heterocycles. The van der Waals surface area contributed by atoms with Gasteiger partial charge in [-0.3, -0.25) is 4.79 Å². The van der Waals surface area contributed by atoms with E-state index in [1.807, 2.05) is 12.1 Å². The Balaban J connectivity index is 2.84. The van der Waals surface area contributed by atoms with Crippen LogP contribution in [0.15, 0.2) is 41.5 Å². The van der Waals surface area contributed by atoms with E-state index in [0.717, 1.165) is 24.7 Å². The number of aldehydes is 1. The molecule has 25 heavy (non-hydrogen) atoms. The predicted molar refractivity (Wildman–Crippen MR) is 103 cm³/mol.